The molecule has 90 valence electrons. The van der Waals surface area contributed by atoms with E-state index in [4.69, 9.17) is 40.6 Å². The fourth-order valence-electron chi connectivity index (χ4n) is 1.52. The largest absolute Gasteiger partial charge is 0.271 e. The number of hydrogen-bond acceptors (Lipinski definition) is 2. The fraction of sp³-hybridized carbons (Fsp3) is 0.455. The van der Waals surface area contributed by atoms with Crippen molar-refractivity contribution in [3.05, 3.63) is 33.8 Å². The number of hydrazine groups is 1. The number of nitrogens with one attached hydrogen (secondary N) is 1. The summed E-state index contributed by atoms with van der Waals surface area (Å²) in [5, 5.41) is 1.15. The molecule has 1 unspecified atom stereocenters. The second-order valence-corrected chi connectivity index (χ2v) is 4.84. The minimum Gasteiger partial charge on any atom is -0.271 e. The highest BCUT2D eigenvalue weighted by atomic mass is 35.5. The molecule has 0 fully saturated rings. The van der Waals surface area contributed by atoms with Crippen LogP contribution in [0.2, 0.25) is 10.0 Å². The van der Waals surface area contributed by atoms with Crippen molar-refractivity contribution < 1.29 is 0 Å². The summed E-state index contributed by atoms with van der Waals surface area (Å²) < 4.78 is 0. The summed E-state index contributed by atoms with van der Waals surface area (Å²) in [6.45, 7) is 0. The molecule has 0 aliphatic rings. The van der Waals surface area contributed by atoms with Gasteiger partial charge in [0.15, 0.2) is 0 Å². The zero-order valence-corrected chi connectivity index (χ0v) is 11.1. The maximum atomic E-state index is 5.94. The molecule has 0 saturated carbocycles. The van der Waals surface area contributed by atoms with E-state index in [0.717, 1.165) is 24.8 Å². The molecule has 0 aliphatic carbocycles. The molecule has 1 rings (SSSR count). The van der Waals surface area contributed by atoms with Gasteiger partial charge >= 0.3 is 0 Å². The van der Waals surface area contributed by atoms with Crippen LogP contribution >= 0.6 is 34.8 Å². The van der Waals surface area contributed by atoms with Gasteiger partial charge in [0.2, 0.25) is 0 Å². The van der Waals surface area contributed by atoms with Crippen molar-refractivity contribution in [1.82, 2.24) is 5.43 Å². The van der Waals surface area contributed by atoms with E-state index in [1.54, 1.807) is 6.07 Å². The Morgan fingerprint density at radius 2 is 2.00 bits per heavy atom. The lowest BCUT2D eigenvalue weighted by Crippen LogP contribution is -2.36. The molecule has 5 heteroatoms. The van der Waals surface area contributed by atoms with Crippen molar-refractivity contribution in [3.8, 4) is 0 Å². The Hall–Kier alpha value is 0.01000. The van der Waals surface area contributed by atoms with Gasteiger partial charge in [-0.2, -0.15) is 0 Å². The molecule has 1 aromatic rings. The highest BCUT2D eigenvalue weighted by Gasteiger charge is 2.08. The minimum atomic E-state index is 0.219. The van der Waals surface area contributed by atoms with Gasteiger partial charge in [-0.25, -0.2) is 0 Å². The number of alkyl halides is 1. The molecule has 1 atom stereocenters. The summed E-state index contributed by atoms with van der Waals surface area (Å²) in [6.07, 6.45) is 2.71. The predicted octanol–water partition coefficient (Wildman–Crippen LogP) is 3.39. The van der Waals surface area contributed by atoms with E-state index in [9.17, 15) is 0 Å². The highest BCUT2D eigenvalue weighted by molar-refractivity contribution is 6.42. The monoisotopic (exact) mass is 280 g/mol. The molecular formula is C11H15Cl3N2. The predicted molar refractivity (Wildman–Crippen MR) is 71.2 cm³/mol. The Morgan fingerprint density at radius 3 is 2.56 bits per heavy atom. The lowest BCUT2D eigenvalue weighted by Gasteiger charge is -2.15. The zero-order chi connectivity index (χ0) is 12.0. The standard InChI is InChI=1S/C11H15Cl3N2/c12-5-1-2-9(16-15)6-8-3-4-10(13)11(14)7-8/h3-4,7,9,16H,1-2,5-6,15H2. The quantitative estimate of drug-likeness (QED) is 0.476. The van der Waals surface area contributed by atoms with E-state index in [2.05, 4.69) is 5.43 Å². The van der Waals surface area contributed by atoms with Gasteiger partial charge < -0.3 is 0 Å². The molecule has 0 aliphatic heterocycles. The SMILES string of the molecule is NNC(CCCCl)Cc1ccc(Cl)c(Cl)c1. The van der Waals surface area contributed by atoms with Crippen LogP contribution in [0.3, 0.4) is 0 Å². The maximum Gasteiger partial charge on any atom is 0.0595 e. The molecule has 0 radical (unpaired) electrons. The van der Waals surface area contributed by atoms with Crippen LogP contribution in [0.4, 0.5) is 0 Å². The van der Waals surface area contributed by atoms with Crippen LogP contribution in [0, 0.1) is 0 Å². The summed E-state index contributed by atoms with van der Waals surface area (Å²) in [6, 6.07) is 5.85. The number of rotatable bonds is 6. The van der Waals surface area contributed by atoms with E-state index in [-0.39, 0.29) is 6.04 Å². The van der Waals surface area contributed by atoms with E-state index >= 15 is 0 Å². The van der Waals surface area contributed by atoms with Gasteiger partial charge in [0.05, 0.1) is 10.0 Å². The molecule has 1 aromatic carbocycles. The van der Waals surface area contributed by atoms with Crippen LogP contribution in [0.5, 0.6) is 0 Å². The maximum absolute atomic E-state index is 5.94. The van der Waals surface area contributed by atoms with Crippen LogP contribution in [0.15, 0.2) is 18.2 Å². The van der Waals surface area contributed by atoms with Gasteiger partial charge in [0.25, 0.3) is 0 Å². The fourth-order valence-corrected chi connectivity index (χ4v) is 1.99. The molecular weight excluding hydrogens is 266 g/mol. The topological polar surface area (TPSA) is 38.0 Å². The van der Waals surface area contributed by atoms with Crippen molar-refractivity contribution >= 4 is 34.8 Å². The number of hydrogen-bond donors (Lipinski definition) is 2. The molecule has 2 nitrogen and oxygen atoms in total. The first-order chi connectivity index (χ1) is 7.67. The average Bonchev–Trinajstić information content (AvgIpc) is 2.29. The van der Waals surface area contributed by atoms with Gasteiger partial charge in [0, 0.05) is 11.9 Å². The Morgan fingerprint density at radius 1 is 1.25 bits per heavy atom. The van der Waals surface area contributed by atoms with Crippen LogP contribution in [0.25, 0.3) is 0 Å². The van der Waals surface area contributed by atoms with Crippen molar-refractivity contribution in [2.75, 3.05) is 5.88 Å². The third kappa shape index (κ3) is 4.48. The lowest BCUT2D eigenvalue weighted by molar-refractivity contribution is 0.487. The minimum absolute atomic E-state index is 0.219. The molecule has 0 bridgehead atoms. The Bertz CT molecular complexity index is 331. The van der Waals surface area contributed by atoms with Gasteiger partial charge in [-0.3, -0.25) is 11.3 Å². The summed E-state index contributed by atoms with van der Waals surface area (Å²) in [7, 11) is 0. The van der Waals surface area contributed by atoms with Crippen molar-refractivity contribution in [3.63, 3.8) is 0 Å². The van der Waals surface area contributed by atoms with Gasteiger partial charge in [0.1, 0.15) is 0 Å². The lowest BCUT2D eigenvalue weighted by atomic mass is 10.0. The molecule has 0 spiro atoms. The van der Waals surface area contributed by atoms with E-state index in [1.807, 2.05) is 12.1 Å². The zero-order valence-electron chi connectivity index (χ0n) is 8.85. The third-order valence-corrected chi connectivity index (χ3v) is 3.39. The van der Waals surface area contributed by atoms with E-state index in [0.29, 0.717) is 15.9 Å². The van der Waals surface area contributed by atoms with Gasteiger partial charge in [-0.1, -0.05) is 29.3 Å². The molecule has 3 N–H and O–H groups in total. The Kier molecular flexibility index (Phi) is 6.47. The van der Waals surface area contributed by atoms with E-state index < -0.39 is 0 Å². The van der Waals surface area contributed by atoms with Crippen molar-refractivity contribution in [2.45, 2.75) is 25.3 Å². The molecule has 0 aromatic heterocycles. The summed E-state index contributed by atoms with van der Waals surface area (Å²) in [5.74, 6) is 6.13. The normalized spacial score (nSPS) is 12.8. The third-order valence-electron chi connectivity index (χ3n) is 2.39. The second-order valence-electron chi connectivity index (χ2n) is 3.65. The van der Waals surface area contributed by atoms with Crippen LogP contribution < -0.4 is 11.3 Å². The van der Waals surface area contributed by atoms with Gasteiger partial charge in [-0.05, 0) is 37.0 Å². The summed E-state index contributed by atoms with van der Waals surface area (Å²) >= 11 is 17.4. The number of halogens is 3. The van der Waals surface area contributed by atoms with Crippen LogP contribution in [-0.4, -0.2) is 11.9 Å². The van der Waals surface area contributed by atoms with Crippen molar-refractivity contribution in [2.24, 2.45) is 5.84 Å². The molecule has 0 amide bonds. The first kappa shape index (κ1) is 14.1. The molecule has 16 heavy (non-hydrogen) atoms. The Labute approximate surface area is 111 Å². The second kappa shape index (κ2) is 7.36. The van der Waals surface area contributed by atoms with Crippen molar-refractivity contribution in [1.29, 1.82) is 0 Å². The number of nitrogens with two attached hydrogens (primary N) is 1. The first-order valence-corrected chi connectivity index (χ1v) is 6.42. The molecule has 0 saturated heterocycles. The Balaban J connectivity index is 2.59. The summed E-state index contributed by atoms with van der Waals surface area (Å²) in [5.41, 5.74) is 3.90. The smallest absolute Gasteiger partial charge is 0.0595 e. The average molecular weight is 282 g/mol. The molecule has 0 heterocycles. The first-order valence-electron chi connectivity index (χ1n) is 5.13. The van der Waals surface area contributed by atoms with Crippen LogP contribution in [-0.2, 0) is 6.42 Å². The van der Waals surface area contributed by atoms with Crippen LogP contribution in [0.1, 0.15) is 18.4 Å². The van der Waals surface area contributed by atoms with E-state index in [1.165, 1.54) is 0 Å². The highest BCUT2D eigenvalue weighted by Crippen LogP contribution is 2.23. The summed E-state index contributed by atoms with van der Waals surface area (Å²) in [4.78, 5) is 0. The van der Waals surface area contributed by atoms with Gasteiger partial charge in [-0.15, -0.1) is 11.6 Å². The number of benzene rings is 1.